The summed E-state index contributed by atoms with van der Waals surface area (Å²) >= 11 is 0. The summed E-state index contributed by atoms with van der Waals surface area (Å²) in [6.07, 6.45) is 6.22. The Morgan fingerprint density at radius 1 is 1.15 bits per heavy atom. The summed E-state index contributed by atoms with van der Waals surface area (Å²) in [6.45, 7) is 4.54. The highest BCUT2D eigenvalue weighted by molar-refractivity contribution is 5.80. The molecule has 144 valence electrons. The van der Waals surface area contributed by atoms with Gasteiger partial charge < -0.3 is 10.2 Å². The van der Waals surface area contributed by atoms with E-state index >= 15 is 0 Å². The molecule has 0 aromatic carbocycles. The van der Waals surface area contributed by atoms with E-state index in [2.05, 4.69) is 10.4 Å². The molecule has 3 heterocycles. The average molecular weight is 363 g/mol. The molecule has 1 aromatic heterocycles. The summed E-state index contributed by atoms with van der Waals surface area (Å²) in [4.78, 5) is 38.8. The van der Waals surface area contributed by atoms with Gasteiger partial charge in [0.15, 0.2) is 0 Å². The molecular formula is C18H29N5O3. The molecule has 2 amide bonds. The maximum absolute atomic E-state index is 12.6. The third-order valence-corrected chi connectivity index (χ3v) is 5.33. The fourth-order valence-electron chi connectivity index (χ4n) is 3.74. The van der Waals surface area contributed by atoms with Crippen LogP contribution < -0.4 is 11.0 Å². The number of carbonyl (C=O) groups is 2. The van der Waals surface area contributed by atoms with Gasteiger partial charge in [0.1, 0.15) is 12.4 Å². The summed E-state index contributed by atoms with van der Waals surface area (Å²) in [5.74, 6) is 0.782. The molecule has 0 aliphatic carbocycles. The monoisotopic (exact) mass is 363 g/mol. The van der Waals surface area contributed by atoms with Crippen LogP contribution in [-0.4, -0.2) is 50.7 Å². The third kappa shape index (κ3) is 4.16. The van der Waals surface area contributed by atoms with Crippen LogP contribution in [0.1, 0.15) is 51.3 Å². The van der Waals surface area contributed by atoms with Crippen molar-refractivity contribution >= 4 is 11.8 Å². The van der Waals surface area contributed by atoms with E-state index in [0.717, 1.165) is 37.9 Å². The zero-order valence-corrected chi connectivity index (χ0v) is 15.6. The quantitative estimate of drug-likeness (QED) is 0.827. The van der Waals surface area contributed by atoms with Crippen LogP contribution in [0.4, 0.5) is 0 Å². The molecule has 26 heavy (non-hydrogen) atoms. The number of fused-ring (bicyclic) bond motifs is 1. The van der Waals surface area contributed by atoms with Crippen LogP contribution >= 0.6 is 0 Å². The molecule has 2 aliphatic heterocycles. The zero-order chi connectivity index (χ0) is 18.5. The van der Waals surface area contributed by atoms with Gasteiger partial charge in [0.2, 0.25) is 11.8 Å². The first kappa shape index (κ1) is 18.7. The Balaban J connectivity index is 1.55. The minimum Gasteiger partial charge on any atom is -0.356 e. The van der Waals surface area contributed by atoms with Gasteiger partial charge in [-0.3, -0.25) is 14.2 Å². The van der Waals surface area contributed by atoms with Crippen LogP contribution in [0.3, 0.4) is 0 Å². The van der Waals surface area contributed by atoms with Gasteiger partial charge in [0.05, 0.1) is 0 Å². The smallest absolute Gasteiger partial charge is 0.346 e. The second kappa shape index (κ2) is 8.51. The number of carbonyl (C=O) groups excluding carboxylic acids is 2. The lowest BCUT2D eigenvalue weighted by Gasteiger charge is -2.31. The van der Waals surface area contributed by atoms with Crippen molar-refractivity contribution in [1.82, 2.24) is 24.6 Å². The number of rotatable bonds is 5. The lowest BCUT2D eigenvalue weighted by molar-refractivity contribution is -0.136. The predicted molar refractivity (Wildman–Crippen MR) is 96.6 cm³/mol. The van der Waals surface area contributed by atoms with Crippen molar-refractivity contribution < 1.29 is 9.59 Å². The molecule has 0 atom stereocenters. The summed E-state index contributed by atoms with van der Waals surface area (Å²) in [6, 6.07) is 0. The third-order valence-electron chi connectivity index (χ3n) is 5.33. The van der Waals surface area contributed by atoms with E-state index in [1.54, 1.807) is 9.47 Å². The fourth-order valence-corrected chi connectivity index (χ4v) is 3.74. The van der Waals surface area contributed by atoms with E-state index in [4.69, 9.17) is 0 Å². The van der Waals surface area contributed by atoms with Crippen LogP contribution in [0.2, 0.25) is 0 Å². The highest BCUT2D eigenvalue weighted by Gasteiger charge is 2.28. The van der Waals surface area contributed by atoms with Crippen molar-refractivity contribution in [3.63, 3.8) is 0 Å². The Labute approximate surface area is 153 Å². The topological polar surface area (TPSA) is 89.2 Å². The highest BCUT2D eigenvalue weighted by Crippen LogP contribution is 2.18. The van der Waals surface area contributed by atoms with E-state index < -0.39 is 0 Å². The maximum Gasteiger partial charge on any atom is 0.346 e. The number of aryl methyl sites for hydroxylation is 1. The number of hydrogen-bond acceptors (Lipinski definition) is 4. The van der Waals surface area contributed by atoms with E-state index in [0.29, 0.717) is 39.0 Å². The summed E-state index contributed by atoms with van der Waals surface area (Å²) in [5, 5.41) is 7.30. The molecule has 1 aromatic rings. The second-order valence-electron chi connectivity index (χ2n) is 7.26. The molecule has 1 N–H and O–H groups in total. The van der Waals surface area contributed by atoms with E-state index in [-0.39, 0.29) is 30.0 Å². The highest BCUT2D eigenvalue weighted by atomic mass is 16.2. The number of piperidine rings is 1. The van der Waals surface area contributed by atoms with Crippen molar-refractivity contribution in [3.8, 4) is 0 Å². The molecule has 8 nitrogen and oxygen atoms in total. The van der Waals surface area contributed by atoms with Gasteiger partial charge in [-0.05, 0) is 32.1 Å². The molecule has 0 saturated carbocycles. The maximum atomic E-state index is 12.6. The predicted octanol–water partition coefficient (Wildman–Crippen LogP) is 0.536. The Morgan fingerprint density at radius 2 is 1.92 bits per heavy atom. The summed E-state index contributed by atoms with van der Waals surface area (Å²) in [7, 11) is 0. The minimum absolute atomic E-state index is 0.00840. The minimum atomic E-state index is -0.177. The molecule has 2 aliphatic rings. The SMILES string of the molecule is CCCNC(=O)C1CCN(C(=O)Cn2nc3n(c2=O)CCCCC3)CC1. The van der Waals surface area contributed by atoms with Gasteiger partial charge in [-0.1, -0.05) is 13.3 Å². The van der Waals surface area contributed by atoms with Crippen molar-refractivity contribution in [2.24, 2.45) is 5.92 Å². The molecule has 0 unspecified atom stereocenters. The van der Waals surface area contributed by atoms with Crippen molar-refractivity contribution in [3.05, 3.63) is 16.3 Å². The Hall–Kier alpha value is -2.12. The largest absolute Gasteiger partial charge is 0.356 e. The van der Waals surface area contributed by atoms with Crippen molar-refractivity contribution in [1.29, 1.82) is 0 Å². The number of aromatic nitrogens is 3. The Morgan fingerprint density at radius 3 is 2.65 bits per heavy atom. The Kier molecular flexibility index (Phi) is 6.11. The van der Waals surface area contributed by atoms with Gasteiger partial charge >= 0.3 is 5.69 Å². The van der Waals surface area contributed by atoms with Crippen LogP contribution in [-0.2, 0) is 29.1 Å². The first-order valence-electron chi connectivity index (χ1n) is 9.82. The fraction of sp³-hybridized carbons (Fsp3) is 0.778. The number of hydrogen-bond donors (Lipinski definition) is 1. The lowest BCUT2D eigenvalue weighted by atomic mass is 9.96. The number of amides is 2. The molecule has 8 heteroatoms. The molecule has 3 rings (SSSR count). The van der Waals surface area contributed by atoms with Crippen LogP contribution in [0, 0.1) is 5.92 Å². The normalized spacial score (nSPS) is 18.3. The van der Waals surface area contributed by atoms with Gasteiger partial charge in [0, 0.05) is 38.5 Å². The summed E-state index contributed by atoms with van der Waals surface area (Å²) < 4.78 is 3.02. The van der Waals surface area contributed by atoms with Crippen LogP contribution in [0.15, 0.2) is 4.79 Å². The first-order valence-corrected chi connectivity index (χ1v) is 9.82. The number of nitrogens with one attached hydrogen (secondary N) is 1. The molecular weight excluding hydrogens is 334 g/mol. The van der Waals surface area contributed by atoms with Crippen LogP contribution in [0.5, 0.6) is 0 Å². The molecule has 0 bridgehead atoms. The Bertz CT molecular complexity index is 700. The van der Waals surface area contributed by atoms with Gasteiger partial charge in [-0.2, -0.15) is 5.10 Å². The van der Waals surface area contributed by atoms with Crippen LogP contribution in [0.25, 0.3) is 0 Å². The number of likely N-dealkylation sites (tertiary alicyclic amines) is 1. The van der Waals surface area contributed by atoms with Gasteiger partial charge in [0.25, 0.3) is 0 Å². The molecule has 0 spiro atoms. The second-order valence-corrected chi connectivity index (χ2v) is 7.26. The van der Waals surface area contributed by atoms with Gasteiger partial charge in [-0.15, -0.1) is 0 Å². The first-order chi connectivity index (χ1) is 12.6. The lowest BCUT2D eigenvalue weighted by Crippen LogP contribution is -2.45. The van der Waals surface area contributed by atoms with E-state index in [1.807, 2.05) is 6.92 Å². The molecule has 1 fully saturated rings. The van der Waals surface area contributed by atoms with Crippen molar-refractivity contribution in [2.45, 2.75) is 65.0 Å². The molecule has 0 radical (unpaired) electrons. The number of nitrogens with zero attached hydrogens (tertiary/aromatic N) is 4. The molecule has 1 saturated heterocycles. The summed E-state index contributed by atoms with van der Waals surface area (Å²) in [5.41, 5.74) is -0.177. The van der Waals surface area contributed by atoms with Crippen molar-refractivity contribution in [2.75, 3.05) is 19.6 Å². The van der Waals surface area contributed by atoms with E-state index in [9.17, 15) is 14.4 Å². The van der Waals surface area contributed by atoms with E-state index in [1.165, 1.54) is 4.68 Å². The standard InChI is InChI=1S/C18H29N5O3/c1-2-9-19-17(25)14-7-11-21(12-8-14)16(24)13-23-18(26)22-10-5-3-4-6-15(22)20-23/h14H,2-13H2,1H3,(H,19,25). The zero-order valence-electron chi connectivity index (χ0n) is 15.6. The average Bonchev–Trinajstić information content (AvgIpc) is 2.82. The van der Waals surface area contributed by atoms with Gasteiger partial charge in [-0.25, -0.2) is 9.48 Å².